The zero-order valence-electron chi connectivity index (χ0n) is 41.9. The standard InChI is InChI=1S/C51H68N14O10/c1-30(67)59-28-44(69)62-42(26-43(68)57-21-11-10-20-38(46(53)71)63-47(72)39(56-2)25-33-27-60-37-19-9-8-17-35(33)37)50(75)65-41(24-32-15-6-7-18-36(32)45(52)70)49(74)64-40(23-31-13-4-3-5-14-31)48(73)61-34(29-66)16-12-22-58-51(54)55/h3-9,13-15,17-19,27,29,34,38-42,56,60H,10-12,16,20-26,28H2,1-2H3,(H2,52,70)(H2,53,71)(H,57,68)(H,59,67)(H,61,73)(H,62,69)(H,63,72)(H,64,74)(H,65,75)(H4,54,55,58)/t34-,38?,39-,40?,41-,42?/m0/s1. The average Bonchev–Trinajstić information content (AvgIpc) is 3.79. The summed E-state index contributed by atoms with van der Waals surface area (Å²) in [6.07, 6.45) is 2.82. The minimum atomic E-state index is -1.65. The van der Waals surface area contributed by atoms with Crippen molar-refractivity contribution in [2.45, 2.75) is 101 Å². The van der Waals surface area contributed by atoms with Gasteiger partial charge in [-0.1, -0.05) is 66.7 Å². The molecule has 0 saturated carbocycles. The lowest BCUT2D eigenvalue weighted by atomic mass is 9.98. The number of nitrogens with two attached hydrogens (primary N) is 4. The number of aliphatic imine (C=N–C) groups is 1. The van der Waals surface area contributed by atoms with E-state index >= 15 is 0 Å². The van der Waals surface area contributed by atoms with Gasteiger partial charge in [0.2, 0.25) is 53.2 Å². The van der Waals surface area contributed by atoms with E-state index in [2.05, 4.69) is 52.5 Å². The number of fused-ring (bicyclic) bond motifs is 1. The Bertz CT molecular complexity index is 2660. The largest absolute Gasteiger partial charge is 0.370 e. The summed E-state index contributed by atoms with van der Waals surface area (Å²) in [5.74, 6) is -7.01. The third-order valence-electron chi connectivity index (χ3n) is 11.9. The van der Waals surface area contributed by atoms with Crippen LogP contribution in [-0.2, 0) is 62.4 Å². The highest BCUT2D eigenvalue weighted by atomic mass is 16.2. The molecule has 3 unspecified atom stereocenters. The van der Waals surface area contributed by atoms with Crippen molar-refractivity contribution in [3.05, 3.63) is 107 Å². The molecule has 0 aliphatic rings. The number of amides is 9. The van der Waals surface area contributed by atoms with Gasteiger partial charge in [-0.05, 0) is 74.4 Å². The number of aldehydes is 1. The molecule has 402 valence electrons. The van der Waals surface area contributed by atoms with Crippen LogP contribution in [0.2, 0.25) is 0 Å². The van der Waals surface area contributed by atoms with E-state index in [-0.39, 0.29) is 55.9 Å². The third kappa shape index (κ3) is 20.0. The van der Waals surface area contributed by atoms with Crippen LogP contribution in [0.25, 0.3) is 10.9 Å². The molecule has 0 bridgehead atoms. The first kappa shape index (κ1) is 58.9. The fourth-order valence-corrected chi connectivity index (χ4v) is 7.97. The van der Waals surface area contributed by atoms with Crippen LogP contribution in [-0.4, -0.2) is 133 Å². The number of unbranched alkanes of at least 4 members (excludes halogenated alkanes) is 1. The van der Waals surface area contributed by atoms with Crippen molar-refractivity contribution < 1.29 is 47.9 Å². The van der Waals surface area contributed by atoms with Crippen molar-refractivity contribution in [2.24, 2.45) is 27.9 Å². The molecule has 4 aromatic rings. The lowest BCUT2D eigenvalue weighted by Crippen LogP contribution is -2.59. The molecule has 1 heterocycles. The summed E-state index contributed by atoms with van der Waals surface area (Å²) >= 11 is 0. The molecule has 1 aromatic heterocycles. The molecule has 0 fully saturated rings. The van der Waals surface area contributed by atoms with Crippen LogP contribution >= 0.6 is 0 Å². The summed E-state index contributed by atoms with van der Waals surface area (Å²) in [6.45, 7) is 0.819. The summed E-state index contributed by atoms with van der Waals surface area (Å²) in [7, 11) is 1.63. The number of guanidine groups is 1. The maximum atomic E-state index is 14.5. The normalized spacial score (nSPS) is 13.3. The maximum Gasteiger partial charge on any atom is 0.248 e. The van der Waals surface area contributed by atoms with Crippen LogP contribution < -0.4 is 65.5 Å². The van der Waals surface area contributed by atoms with Gasteiger partial charge < -0.3 is 75.2 Å². The van der Waals surface area contributed by atoms with Gasteiger partial charge in [0.1, 0.15) is 30.5 Å². The summed E-state index contributed by atoms with van der Waals surface area (Å²) in [4.78, 5) is 138. The Morgan fingerprint density at radius 1 is 0.613 bits per heavy atom. The zero-order chi connectivity index (χ0) is 54.9. The van der Waals surface area contributed by atoms with Crippen LogP contribution in [0.4, 0.5) is 0 Å². The van der Waals surface area contributed by atoms with Gasteiger partial charge >= 0.3 is 0 Å². The molecular weight excluding hydrogens is 969 g/mol. The SMILES string of the molecule is CN[C@@H](Cc1c[nH]c2ccccc12)C(=O)NC(CCCCNC(=O)CC(NC(=O)CNC(C)=O)C(=O)N[C@@H](Cc1ccccc1C(N)=O)C(=O)NC(Cc1ccccc1)C(=O)N[C@H](C=O)CCCN=C(N)N)C(N)=O. The summed E-state index contributed by atoms with van der Waals surface area (Å²) in [5.41, 5.74) is 24.8. The molecule has 24 heteroatoms. The molecule has 17 N–H and O–H groups in total. The Balaban J connectivity index is 1.48. The van der Waals surface area contributed by atoms with E-state index in [1.54, 1.807) is 49.5 Å². The number of hydrogen-bond donors (Lipinski definition) is 13. The number of benzene rings is 3. The second-order valence-corrected chi connectivity index (χ2v) is 17.7. The maximum absolute atomic E-state index is 14.5. The number of hydrogen-bond acceptors (Lipinski definition) is 12. The number of nitrogens with one attached hydrogen (secondary N) is 9. The number of carbonyl (C=O) groups is 10. The highest BCUT2D eigenvalue weighted by Crippen LogP contribution is 2.19. The number of nitrogens with zero attached hydrogens (tertiary/aromatic N) is 1. The van der Waals surface area contributed by atoms with Crippen molar-refractivity contribution in [3.63, 3.8) is 0 Å². The molecule has 0 aliphatic heterocycles. The number of H-pyrrole nitrogens is 1. The average molecular weight is 1040 g/mol. The van der Waals surface area contributed by atoms with Gasteiger partial charge in [0.15, 0.2) is 5.96 Å². The molecular formula is C51H68N14O10. The highest BCUT2D eigenvalue weighted by molar-refractivity contribution is 5.98. The summed E-state index contributed by atoms with van der Waals surface area (Å²) in [6, 6.07) is 15.0. The van der Waals surface area contributed by atoms with Gasteiger partial charge in [0.05, 0.1) is 25.0 Å². The van der Waals surface area contributed by atoms with E-state index in [1.165, 1.54) is 19.1 Å². The first-order chi connectivity index (χ1) is 35.9. The van der Waals surface area contributed by atoms with Crippen molar-refractivity contribution >= 4 is 76.3 Å². The topological polar surface area (TPSA) is 399 Å². The predicted octanol–water partition coefficient (Wildman–Crippen LogP) is -2.14. The Labute approximate surface area is 433 Å². The zero-order valence-corrected chi connectivity index (χ0v) is 41.9. The van der Waals surface area contributed by atoms with Crippen molar-refractivity contribution in [2.75, 3.05) is 26.7 Å². The van der Waals surface area contributed by atoms with Gasteiger partial charge in [0, 0.05) is 55.5 Å². The van der Waals surface area contributed by atoms with Crippen molar-refractivity contribution in [1.82, 2.24) is 47.5 Å². The fraction of sp³-hybridized carbons (Fsp3) is 0.392. The van der Waals surface area contributed by atoms with Crippen LogP contribution in [0.15, 0.2) is 90.1 Å². The third-order valence-corrected chi connectivity index (χ3v) is 11.9. The van der Waals surface area contributed by atoms with Gasteiger partial charge in [0.25, 0.3) is 0 Å². The highest BCUT2D eigenvalue weighted by Gasteiger charge is 2.33. The number of primary amides is 2. The van der Waals surface area contributed by atoms with Crippen LogP contribution in [0.3, 0.4) is 0 Å². The molecule has 75 heavy (non-hydrogen) atoms. The number of aromatic nitrogens is 1. The molecule has 24 nitrogen and oxygen atoms in total. The van der Waals surface area contributed by atoms with Crippen LogP contribution in [0.1, 0.15) is 72.5 Å². The van der Waals surface area contributed by atoms with E-state index < -0.39 is 102 Å². The molecule has 0 radical (unpaired) electrons. The number of carbonyl (C=O) groups excluding carboxylic acids is 10. The van der Waals surface area contributed by atoms with Gasteiger partial charge in [-0.2, -0.15) is 0 Å². The Hall–Kier alpha value is -8.67. The molecule has 9 amide bonds. The van der Waals surface area contributed by atoms with Crippen molar-refractivity contribution in [3.8, 4) is 0 Å². The quantitative estimate of drug-likeness (QED) is 0.0108. The Morgan fingerprint density at radius 2 is 1.23 bits per heavy atom. The minimum absolute atomic E-state index is 0.0189. The number of para-hydroxylation sites is 1. The first-order valence-electron chi connectivity index (χ1n) is 24.3. The van der Waals surface area contributed by atoms with E-state index in [1.807, 2.05) is 30.5 Å². The van der Waals surface area contributed by atoms with Gasteiger partial charge in [-0.3, -0.25) is 48.1 Å². The first-order valence-corrected chi connectivity index (χ1v) is 24.3. The van der Waals surface area contributed by atoms with Gasteiger partial charge in [-0.15, -0.1) is 0 Å². The second-order valence-electron chi connectivity index (χ2n) is 17.7. The lowest BCUT2D eigenvalue weighted by Gasteiger charge is -2.26. The minimum Gasteiger partial charge on any atom is -0.370 e. The number of aromatic amines is 1. The fourth-order valence-electron chi connectivity index (χ4n) is 7.97. The molecule has 0 saturated heterocycles. The van der Waals surface area contributed by atoms with E-state index in [0.717, 1.165) is 16.5 Å². The predicted molar refractivity (Wildman–Crippen MR) is 279 cm³/mol. The van der Waals surface area contributed by atoms with E-state index in [9.17, 15) is 47.9 Å². The van der Waals surface area contributed by atoms with Gasteiger partial charge in [-0.25, -0.2) is 0 Å². The Kier molecular flexibility index (Phi) is 23.9. The second kappa shape index (κ2) is 30.4. The van der Waals surface area contributed by atoms with E-state index in [0.29, 0.717) is 37.5 Å². The summed E-state index contributed by atoms with van der Waals surface area (Å²) in [5, 5.41) is 21.9. The van der Waals surface area contributed by atoms with Crippen molar-refractivity contribution in [1.29, 1.82) is 0 Å². The number of likely N-dealkylation sites (N-methyl/N-ethyl adjacent to an activating group) is 1. The van der Waals surface area contributed by atoms with E-state index in [4.69, 9.17) is 22.9 Å². The summed E-state index contributed by atoms with van der Waals surface area (Å²) < 4.78 is 0. The smallest absolute Gasteiger partial charge is 0.248 e. The molecule has 0 aliphatic carbocycles. The van der Waals surface area contributed by atoms with Crippen LogP contribution in [0, 0.1) is 0 Å². The molecule has 3 aromatic carbocycles. The monoisotopic (exact) mass is 1040 g/mol. The van der Waals surface area contributed by atoms with Crippen LogP contribution in [0.5, 0.6) is 0 Å². The molecule has 0 spiro atoms. The molecule has 4 rings (SSSR count). The molecule has 6 atom stereocenters. The Morgan fingerprint density at radius 3 is 1.89 bits per heavy atom. The number of rotatable bonds is 32. The lowest BCUT2D eigenvalue weighted by molar-refractivity contribution is -0.135.